The minimum atomic E-state index is -0.542. The molecule has 0 saturated heterocycles. The fourth-order valence-electron chi connectivity index (χ4n) is 1.58. The highest BCUT2D eigenvalue weighted by atomic mass is 16.6. The first-order valence-corrected chi connectivity index (χ1v) is 5.59. The Balaban J connectivity index is 2.28. The molecule has 0 amide bonds. The third kappa shape index (κ3) is 2.81. The molecule has 0 radical (unpaired) electrons. The van der Waals surface area contributed by atoms with Gasteiger partial charge in [0.25, 0.3) is 5.69 Å². The Hall–Kier alpha value is -3.14. The summed E-state index contributed by atoms with van der Waals surface area (Å²) >= 11 is 0. The Morgan fingerprint density at radius 3 is 2.75 bits per heavy atom. The molecule has 7 heteroatoms. The molecule has 0 bridgehead atoms. The zero-order valence-corrected chi connectivity index (χ0v) is 10.5. The number of nitro groups is 1. The van der Waals surface area contributed by atoms with Gasteiger partial charge < -0.3 is 10.1 Å². The maximum Gasteiger partial charge on any atom is 0.270 e. The van der Waals surface area contributed by atoms with E-state index in [1.54, 1.807) is 18.3 Å². The van der Waals surface area contributed by atoms with Gasteiger partial charge in [-0.15, -0.1) is 0 Å². The summed E-state index contributed by atoms with van der Waals surface area (Å²) in [5.41, 5.74) is 1.19. The van der Waals surface area contributed by atoms with E-state index in [4.69, 9.17) is 10.00 Å². The van der Waals surface area contributed by atoms with Gasteiger partial charge in [-0.3, -0.25) is 10.1 Å². The minimum absolute atomic E-state index is 0.125. The average Bonchev–Trinajstić information content (AvgIpc) is 2.48. The molecule has 0 aliphatic rings. The van der Waals surface area contributed by atoms with Gasteiger partial charge in [-0.1, -0.05) is 0 Å². The number of benzene rings is 1. The maximum absolute atomic E-state index is 10.7. The molecule has 0 aliphatic carbocycles. The lowest BCUT2D eigenvalue weighted by Crippen LogP contribution is -1.97. The van der Waals surface area contributed by atoms with E-state index in [1.165, 1.54) is 25.3 Å². The van der Waals surface area contributed by atoms with Crippen molar-refractivity contribution in [2.45, 2.75) is 0 Å². The molecule has 2 rings (SSSR count). The second-order valence-electron chi connectivity index (χ2n) is 3.81. The first-order chi connectivity index (χ1) is 9.63. The molecule has 100 valence electrons. The van der Waals surface area contributed by atoms with Crippen LogP contribution in [0.2, 0.25) is 0 Å². The van der Waals surface area contributed by atoms with Crippen molar-refractivity contribution < 1.29 is 9.66 Å². The van der Waals surface area contributed by atoms with Gasteiger partial charge in [0.1, 0.15) is 6.07 Å². The quantitative estimate of drug-likeness (QED) is 0.676. The summed E-state index contributed by atoms with van der Waals surface area (Å²) in [5, 5.41) is 22.7. The molecule has 0 fully saturated rings. The number of aromatic nitrogens is 1. The number of ether oxygens (including phenoxy) is 1. The van der Waals surface area contributed by atoms with Gasteiger partial charge >= 0.3 is 0 Å². The van der Waals surface area contributed by atoms with Gasteiger partial charge in [0, 0.05) is 18.2 Å². The zero-order valence-electron chi connectivity index (χ0n) is 10.5. The molecule has 0 unspecified atom stereocenters. The molecule has 1 heterocycles. The van der Waals surface area contributed by atoms with Crippen molar-refractivity contribution in [1.82, 2.24) is 4.98 Å². The maximum atomic E-state index is 10.7. The number of non-ortho nitro benzene ring substituents is 1. The van der Waals surface area contributed by atoms with Crippen LogP contribution in [0.1, 0.15) is 5.56 Å². The number of hydrogen-bond acceptors (Lipinski definition) is 6. The molecule has 20 heavy (non-hydrogen) atoms. The molecule has 0 atom stereocenters. The summed E-state index contributed by atoms with van der Waals surface area (Å²) in [6, 6.07) is 9.36. The summed E-state index contributed by atoms with van der Waals surface area (Å²) in [5.74, 6) is 0.472. The van der Waals surface area contributed by atoms with Crippen molar-refractivity contribution in [2.75, 3.05) is 12.4 Å². The van der Waals surface area contributed by atoms with E-state index >= 15 is 0 Å². The van der Waals surface area contributed by atoms with E-state index < -0.39 is 4.92 Å². The minimum Gasteiger partial charge on any atom is -0.481 e. The van der Waals surface area contributed by atoms with Crippen LogP contribution in [0.15, 0.2) is 36.5 Å². The lowest BCUT2D eigenvalue weighted by molar-refractivity contribution is -0.384. The van der Waals surface area contributed by atoms with Crippen molar-refractivity contribution >= 4 is 17.1 Å². The summed E-state index contributed by atoms with van der Waals surface area (Å²) < 4.78 is 4.94. The monoisotopic (exact) mass is 270 g/mol. The van der Waals surface area contributed by atoms with Gasteiger partial charge in [0.05, 0.1) is 35.2 Å². The van der Waals surface area contributed by atoms with Crippen molar-refractivity contribution in [1.29, 1.82) is 5.26 Å². The number of nitriles is 1. The normalized spacial score (nSPS) is 9.60. The average molecular weight is 270 g/mol. The number of rotatable bonds is 4. The lowest BCUT2D eigenvalue weighted by Gasteiger charge is -2.08. The molecule has 0 aliphatic heterocycles. The molecular formula is C13H10N4O3. The van der Waals surface area contributed by atoms with Crippen LogP contribution in [0.25, 0.3) is 0 Å². The third-order valence-electron chi connectivity index (χ3n) is 2.56. The van der Waals surface area contributed by atoms with Crippen LogP contribution in [-0.4, -0.2) is 17.0 Å². The summed E-state index contributed by atoms with van der Waals surface area (Å²) in [7, 11) is 1.51. The van der Waals surface area contributed by atoms with Crippen LogP contribution in [0.4, 0.5) is 17.1 Å². The topological polar surface area (TPSA) is 101 Å². The van der Waals surface area contributed by atoms with E-state index in [1.807, 2.05) is 6.07 Å². The Kier molecular flexibility index (Phi) is 3.77. The summed E-state index contributed by atoms with van der Waals surface area (Å²) in [4.78, 5) is 14.1. The smallest absolute Gasteiger partial charge is 0.270 e. The van der Waals surface area contributed by atoms with E-state index in [0.29, 0.717) is 17.3 Å². The van der Waals surface area contributed by atoms with Crippen molar-refractivity contribution in [3.05, 3.63) is 52.2 Å². The highest BCUT2D eigenvalue weighted by molar-refractivity contribution is 5.68. The van der Waals surface area contributed by atoms with E-state index in [2.05, 4.69) is 10.3 Å². The third-order valence-corrected chi connectivity index (χ3v) is 2.56. The van der Waals surface area contributed by atoms with Crippen LogP contribution >= 0.6 is 0 Å². The molecule has 1 aromatic heterocycles. The first kappa shape index (κ1) is 13.3. The van der Waals surface area contributed by atoms with Crippen LogP contribution in [0.3, 0.4) is 0 Å². The Labute approximate surface area is 114 Å². The molecule has 1 N–H and O–H groups in total. The van der Waals surface area contributed by atoms with Crippen LogP contribution in [0, 0.1) is 21.4 Å². The number of anilines is 2. The summed E-state index contributed by atoms with van der Waals surface area (Å²) in [6.07, 6.45) is 1.54. The predicted molar refractivity (Wildman–Crippen MR) is 71.9 cm³/mol. The number of pyridine rings is 1. The first-order valence-electron chi connectivity index (χ1n) is 5.59. The molecule has 7 nitrogen and oxygen atoms in total. The second kappa shape index (κ2) is 5.67. The fourth-order valence-corrected chi connectivity index (χ4v) is 1.58. The Morgan fingerprint density at radius 2 is 2.20 bits per heavy atom. The van der Waals surface area contributed by atoms with E-state index in [0.717, 1.165) is 0 Å². The largest absolute Gasteiger partial charge is 0.481 e. The van der Waals surface area contributed by atoms with Crippen LogP contribution in [-0.2, 0) is 0 Å². The molecule has 0 saturated carbocycles. The number of hydrogen-bond donors (Lipinski definition) is 1. The molecular weight excluding hydrogens is 260 g/mol. The predicted octanol–water partition coefficient (Wildman–Crippen LogP) is 2.61. The highest BCUT2D eigenvalue weighted by Gasteiger charge is 2.10. The van der Waals surface area contributed by atoms with Gasteiger partial charge in [-0.05, 0) is 12.1 Å². The lowest BCUT2D eigenvalue weighted by atomic mass is 10.1. The van der Waals surface area contributed by atoms with Gasteiger partial charge in [-0.2, -0.15) is 5.26 Å². The van der Waals surface area contributed by atoms with E-state index in [9.17, 15) is 10.1 Å². The van der Waals surface area contributed by atoms with Crippen molar-refractivity contribution in [3.8, 4) is 11.9 Å². The standard InChI is InChI=1S/C13H10N4O3/c1-20-13-5-2-10(8-15-13)16-12-4-3-11(17(18)19)6-9(12)7-14/h2-6,8,16H,1H3. The van der Waals surface area contributed by atoms with E-state index in [-0.39, 0.29) is 11.3 Å². The van der Waals surface area contributed by atoms with Crippen LogP contribution < -0.4 is 10.1 Å². The number of nitrogens with zero attached hydrogens (tertiary/aromatic N) is 3. The molecule has 1 aromatic carbocycles. The molecule has 0 spiro atoms. The van der Waals surface area contributed by atoms with Crippen molar-refractivity contribution in [2.24, 2.45) is 0 Å². The Morgan fingerprint density at radius 1 is 1.40 bits per heavy atom. The van der Waals surface area contributed by atoms with Gasteiger partial charge in [-0.25, -0.2) is 4.98 Å². The molecule has 2 aromatic rings. The number of nitro benzene ring substituents is 1. The SMILES string of the molecule is COc1ccc(Nc2ccc([N+](=O)[O-])cc2C#N)cn1. The number of methoxy groups -OCH3 is 1. The van der Waals surface area contributed by atoms with Crippen molar-refractivity contribution in [3.63, 3.8) is 0 Å². The second-order valence-corrected chi connectivity index (χ2v) is 3.81. The summed E-state index contributed by atoms with van der Waals surface area (Å²) in [6.45, 7) is 0. The van der Waals surface area contributed by atoms with Crippen LogP contribution in [0.5, 0.6) is 5.88 Å². The Bertz CT molecular complexity index is 677. The fraction of sp³-hybridized carbons (Fsp3) is 0.0769. The van der Waals surface area contributed by atoms with Gasteiger partial charge in [0.15, 0.2) is 0 Å². The zero-order chi connectivity index (χ0) is 14.5. The number of nitrogens with one attached hydrogen (secondary N) is 1. The highest BCUT2D eigenvalue weighted by Crippen LogP contribution is 2.25. The van der Waals surface area contributed by atoms with Gasteiger partial charge in [0.2, 0.25) is 5.88 Å².